The summed E-state index contributed by atoms with van der Waals surface area (Å²) in [6.07, 6.45) is 2.44. The zero-order chi connectivity index (χ0) is 14.7. The third-order valence-corrected chi connectivity index (χ3v) is 3.90. The fourth-order valence-electron chi connectivity index (χ4n) is 2.72. The molecule has 0 radical (unpaired) electrons. The predicted octanol–water partition coefficient (Wildman–Crippen LogP) is -0.816. The number of fused-ring (bicyclic) bond motifs is 1. The molecule has 1 fully saturated rings. The molecule has 0 unspecified atom stereocenters. The van der Waals surface area contributed by atoms with Gasteiger partial charge in [-0.25, -0.2) is 4.68 Å². The van der Waals surface area contributed by atoms with Crippen LogP contribution in [0.2, 0.25) is 0 Å². The van der Waals surface area contributed by atoms with Crippen molar-refractivity contribution in [3.8, 4) is 0 Å². The van der Waals surface area contributed by atoms with Crippen LogP contribution in [0, 0.1) is 0 Å². The van der Waals surface area contributed by atoms with E-state index in [4.69, 9.17) is 4.74 Å². The van der Waals surface area contributed by atoms with E-state index in [0.29, 0.717) is 19.8 Å². The van der Waals surface area contributed by atoms with Gasteiger partial charge in [0, 0.05) is 44.8 Å². The van der Waals surface area contributed by atoms with Gasteiger partial charge in [0.25, 0.3) is 5.56 Å². The van der Waals surface area contributed by atoms with Crippen LogP contribution in [0.4, 0.5) is 0 Å². The fraction of sp³-hybridized carbons (Fsp3) is 0.643. The van der Waals surface area contributed by atoms with Gasteiger partial charge in [0.15, 0.2) is 0 Å². The van der Waals surface area contributed by atoms with Crippen molar-refractivity contribution in [2.24, 2.45) is 0 Å². The Morgan fingerprint density at radius 1 is 1.48 bits per heavy atom. The molecule has 1 amide bonds. The zero-order valence-corrected chi connectivity index (χ0v) is 11.9. The Balaban J connectivity index is 1.66. The van der Waals surface area contributed by atoms with Gasteiger partial charge in [0.1, 0.15) is 6.54 Å². The molecule has 0 saturated carbocycles. The number of carbonyl (C=O) groups excluding carboxylic acids is 1. The molecule has 1 saturated heterocycles. The summed E-state index contributed by atoms with van der Waals surface area (Å²) in [5.74, 6) is -0.162. The van der Waals surface area contributed by atoms with Crippen molar-refractivity contribution in [2.75, 3.05) is 19.8 Å². The van der Waals surface area contributed by atoms with Crippen LogP contribution in [0.1, 0.15) is 24.1 Å². The maximum absolute atomic E-state index is 12.0. The first-order chi connectivity index (χ1) is 10.2. The number of amides is 1. The van der Waals surface area contributed by atoms with Crippen LogP contribution >= 0.6 is 0 Å². The molecule has 0 aliphatic carbocycles. The minimum Gasteiger partial charge on any atom is -0.381 e. The van der Waals surface area contributed by atoms with E-state index in [9.17, 15) is 9.59 Å². The highest BCUT2D eigenvalue weighted by molar-refractivity contribution is 5.75. The molecular formula is C14H20N4O3. The molecule has 0 spiro atoms. The standard InChI is InChI=1S/C14H20N4O3/c19-13(16-11-2-5-21-6-3-11)9-18-14(20)7-10-8-15-4-1-12(10)17-18/h7,11,15H,1-6,8-9H2,(H,16,19). The Morgan fingerprint density at radius 3 is 3.10 bits per heavy atom. The molecule has 21 heavy (non-hydrogen) atoms. The molecule has 2 aliphatic heterocycles. The van der Waals surface area contributed by atoms with Crippen molar-refractivity contribution in [3.63, 3.8) is 0 Å². The van der Waals surface area contributed by atoms with Crippen molar-refractivity contribution in [3.05, 3.63) is 27.7 Å². The molecule has 1 aromatic rings. The van der Waals surface area contributed by atoms with Gasteiger partial charge >= 0.3 is 0 Å². The second-order valence-corrected chi connectivity index (χ2v) is 5.49. The quantitative estimate of drug-likeness (QED) is 0.760. The molecule has 2 N–H and O–H groups in total. The monoisotopic (exact) mass is 292 g/mol. The molecule has 7 nitrogen and oxygen atoms in total. The lowest BCUT2D eigenvalue weighted by molar-refractivity contribution is -0.123. The normalized spacial score (nSPS) is 19.0. The van der Waals surface area contributed by atoms with Gasteiger partial charge in [-0.1, -0.05) is 0 Å². The third-order valence-electron chi connectivity index (χ3n) is 3.90. The third kappa shape index (κ3) is 3.48. The average molecular weight is 292 g/mol. The Morgan fingerprint density at radius 2 is 2.29 bits per heavy atom. The van der Waals surface area contributed by atoms with Gasteiger partial charge in [-0.3, -0.25) is 9.59 Å². The number of aromatic nitrogens is 2. The van der Waals surface area contributed by atoms with Crippen molar-refractivity contribution >= 4 is 5.91 Å². The van der Waals surface area contributed by atoms with Crippen LogP contribution in [0.25, 0.3) is 0 Å². The fourth-order valence-corrected chi connectivity index (χ4v) is 2.72. The van der Waals surface area contributed by atoms with Gasteiger partial charge in [-0.2, -0.15) is 5.10 Å². The topological polar surface area (TPSA) is 85.2 Å². The predicted molar refractivity (Wildman–Crippen MR) is 75.9 cm³/mol. The van der Waals surface area contributed by atoms with Gasteiger partial charge in [-0.05, 0) is 18.4 Å². The van der Waals surface area contributed by atoms with Crippen LogP contribution < -0.4 is 16.2 Å². The average Bonchev–Trinajstić information content (AvgIpc) is 2.49. The summed E-state index contributed by atoms with van der Waals surface area (Å²) < 4.78 is 6.52. The summed E-state index contributed by atoms with van der Waals surface area (Å²) in [6.45, 7) is 2.86. The highest BCUT2D eigenvalue weighted by Crippen LogP contribution is 2.08. The Bertz CT molecular complexity index is 578. The molecular weight excluding hydrogens is 272 g/mol. The van der Waals surface area contributed by atoms with Gasteiger partial charge in [-0.15, -0.1) is 0 Å². The van der Waals surface area contributed by atoms with Crippen LogP contribution in [0.3, 0.4) is 0 Å². The second-order valence-electron chi connectivity index (χ2n) is 5.49. The van der Waals surface area contributed by atoms with Crippen LogP contribution in [0.15, 0.2) is 10.9 Å². The van der Waals surface area contributed by atoms with Crippen molar-refractivity contribution < 1.29 is 9.53 Å². The smallest absolute Gasteiger partial charge is 0.267 e. The number of carbonyl (C=O) groups is 1. The van der Waals surface area contributed by atoms with E-state index in [0.717, 1.165) is 37.1 Å². The lowest BCUT2D eigenvalue weighted by atomic mass is 10.1. The summed E-state index contributed by atoms with van der Waals surface area (Å²) >= 11 is 0. The first-order valence-electron chi connectivity index (χ1n) is 7.40. The molecule has 0 aromatic carbocycles. The van der Waals surface area contributed by atoms with E-state index in [1.54, 1.807) is 6.07 Å². The molecule has 3 rings (SSSR count). The molecule has 114 valence electrons. The van der Waals surface area contributed by atoms with Crippen LogP contribution in [-0.2, 0) is 29.0 Å². The summed E-state index contributed by atoms with van der Waals surface area (Å²) in [5, 5.41) is 10.5. The minimum absolute atomic E-state index is 0.0170. The van der Waals surface area contributed by atoms with Gasteiger partial charge in [0.05, 0.1) is 5.69 Å². The maximum Gasteiger partial charge on any atom is 0.267 e. The largest absolute Gasteiger partial charge is 0.381 e. The van der Waals surface area contributed by atoms with Crippen LogP contribution in [-0.4, -0.2) is 41.5 Å². The van der Waals surface area contributed by atoms with E-state index >= 15 is 0 Å². The van der Waals surface area contributed by atoms with E-state index in [2.05, 4.69) is 15.7 Å². The Labute approximate surface area is 122 Å². The Hall–Kier alpha value is -1.73. The number of rotatable bonds is 3. The van der Waals surface area contributed by atoms with E-state index in [-0.39, 0.29) is 24.1 Å². The summed E-state index contributed by atoms with van der Waals surface area (Å²) in [6, 6.07) is 1.72. The molecule has 0 bridgehead atoms. The van der Waals surface area contributed by atoms with Gasteiger partial charge < -0.3 is 15.4 Å². The molecule has 0 atom stereocenters. The van der Waals surface area contributed by atoms with Crippen molar-refractivity contribution in [2.45, 2.75) is 38.4 Å². The SMILES string of the molecule is O=C(Cn1nc2c(cc1=O)CNCC2)NC1CCOCC1. The first-order valence-corrected chi connectivity index (χ1v) is 7.40. The summed E-state index contributed by atoms with van der Waals surface area (Å²) in [7, 11) is 0. The maximum atomic E-state index is 12.0. The lowest BCUT2D eigenvalue weighted by Crippen LogP contribution is -2.42. The lowest BCUT2D eigenvalue weighted by Gasteiger charge is -2.23. The van der Waals surface area contributed by atoms with Gasteiger partial charge in [0.2, 0.25) is 5.91 Å². The molecule has 7 heteroatoms. The number of hydrogen-bond acceptors (Lipinski definition) is 5. The number of nitrogens with one attached hydrogen (secondary N) is 2. The second kappa shape index (κ2) is 6.36. The molecule has 3 heterocycles. The van der Waals surface area contributed by atoms with Crippen LogP contribution in [0.5, 0.6) is 0 Å². The van der Waals surface area contributed by atoms with E-state index in [1.165, 1.54) is 4.68 Å². The molecule has 1 aromatic heterocycles. The molecule has 2 aliphatic rings. The zero-order valence-electron chi connectivity index (χ0n) is 11.9. The Kier molecular flexibility index (Phi) is 4.31. The number of hydrogen-bond donors (Lipinski definition) is 2. The minimum atomic E-state index is -0.223. The highest BCUT2D eigenvalue weighted by atomic mass is 16.5. The van der Waals surface area contributed by atoms with Crippen molar-refractivity contribution in [1.29, 1.82) is 0 Å². The number of nitrogens with zero attached hydrogens (tertiary/aromatic N) is 2. The first kappa shape index (κ1) is 14.2. The van der Waals surface area contributed by atoms with E-state index < -0.39 is 0 Å². The van der Waals surface area contributed by atoms with E-state index in [1.807, 2.05) is 0 Å². The van der Waals surface area contributed by atoms with Crippen molar-refractivity contribution in [1.82, 2.24) is 20.4 Å². The summed E-state index contributed by atoms with van der Waals surface area (Å²) in [4.78, 5) is 24.0. The number of ether oxygens (including phenoxy) is 1. The highest BCUT2D eigenvalue weighted by Gasteiger charge is 2.18. The summed E-state index contributed by atoms with van der Waals surface area (Å²) in [5.41, 5.74) is 1.62.